The molecule has 1 aromatic carbocycles. The Kier molecular flexibility index (Phi) is 6.69. The Morgan fingerprint density at radius 3 is 2.56 bits per heavy atom. The van der Waals surface area contributed by atoms with E-state index < -0.39 is 29.0 Å². The van der Waals surface area contributed by atoms with Crippen LogP contribution in [0.4, 0.5) is 29.1 Å². The molecule has 3 aromatic rings. The fourth-order valence-electron chi connectivity index (χ4n) is 5.47. The average Bonchev–Trinajstić information content (AvgIpc) is 3.28. The summed E-state index contributed by atoms with van der Waals surface area (Å²) in [5, 5.41) is 3.12. The van der Waals surface area contributed by atoms with Crippen LogP contribution in [-0.2, 0) is 22.9 Å². The van der Waals surface area contributed by atoms with Gasteiger partial charge in [-0.15, -0.1) is 0 Å². The third-order valence-electron chi connectivity index (χ3n) is 7.40. The molecule has 12 heteroatoms. The number of aromatic nitrogens is 3. The normalized spacial score (nSPS) is 20.3. The number of ether oxygens (including phenoxy) is 1. The first-order valence-corrected chi connectivity index (χ1v) is 12.5. The largest absolute Gasteiger partial charge is 0.481 e. The average molecular weight is 545 g/mol. The van der Waals surface area contributed by atoms with Crippen molar-refractivity contribution in [1.82, 2.24) is 19.9 Å². The smallest absolute Gasteiger partial charge is 0.419 e. The predicted molar refractivity (Wildman–Crippen MR) is 136 cm³/mol. The third-order valence-corrected chi connectivity index (χ3v) is 7.40. The zero-order chi connectivity index (χ0) is 28.1. The first-order chi connectivity index (χ1) is 18.4. The van der Waals surface area contributed by atoms with E-state index in [2.05, 4.69) is 20.2 Å². The fourth-order valence-corrected chi connectivity index (χ4v) is 5.47. The van der Waals surface area contributed by atoms with Crippen LogP contribution in [0.5, 0.6) is 5.88 Å². The lowest BCUT2D eigenvalue weighted by Gasteiger charge is -2.40. The maximum absolute atomic E-state index is 15.0. The summed E-state index contributed by atoms with van der Waals surface area (Å²) in [4.78, 5) is 31.2. The van der Waals surface area contributed by atoms with Crippen LogP contribution in [0.2, 0.25) is 0 Å². The van der Waals surface area contributed by atoms with E-state index in [0.29, 0.717) is 54.0 Å². The molecule has 2 atom stereocenters. The molecule has 2 aromatic heterocycles. The lowest BCUT2D eigenvalue weighted by Crippen LogP contribution is -2.53. The van der Waals surface area contributed by atoms with E-state index in [1.165, 1.54) is 19.2 Å². The maximum Gasteiger partial charge on any atom is 0.419 e. The second-order valence-corrected chi connectivity index (χ2v) is 10.0. The molecule has 39 heavy (non-hydrogen) atoms. The second kappa shape index (κ2) is 9.74. The van der Waals surface area contributed by atoms with Gasteiger partial charge in [-0.2, -0.15) is 13.2 Å². The highest BCUT2D eigenvalue weighted by atomic mass is 19.4. The summed E-state index contributed by atoms with van der Waals surface area (Å²) in [6, 6.07) is 5.75. The Morgan fingerprint density at radius 2 is 1.95 bits per heavy atom. The van der Waals surface area contributed by atoms with E-state index in [1.54, 1.807) is 37.1 Å². The Labute approximate surface area is 223 Å². The Morgan fingerprint density at radius 1 is 1.18 bits per heavy atom. The van der Waals surface area contributed by atoms with Crippen molar-refractivity contribution in [2.75, 3.05) is 37.5 Å². The van der Waals surface area contributed by atoms with E-state index >= 15 is 0 Å². The molecule has 1 spiro atoms. The Hall–Kier alpha value is -3.80. The minimum atomic E-state index is -4.82. The van der Waals surface area contributed by atoms with Crippen LogP contribution in [0, 0.1) is 12.7 Å². The molecule has 206 valence electrons. The number of benzene rings is 1. The number of nitrogens with one attached hydrogen (secondary N) is 1. The number of methoxy groups -OCH3 is 1. The van der Waals surface area contributed by atoms with Gasteiger partial charge in [0.25, 0.3) is 0 Å². The van der Waals surface area contributed by atoms with Gasteiger partial charge in [-0.3, -0.25) is 4.79 Å². The molecule has 5 rings (SSSR count). The van der Waals surface area contributed by atoms with Crippen LogP contribution in [0.15, 0.2) is 36.5 Å². The van der Waals surface area contributed by atoms with Gasteiger partial charge in [0.1, 0.15) is 22.9 Å². The summed E-state index contributed by atoms with van der Waals surface area (Å²) in [6.07, 6.45) is -2.74. The molecular weight excluding hydrogens is 516 g/mol. The number of likely N-dealkylation sites (tertiary alicyclic amines) is 1. The molecule has 0 bridgehead atoms. The number of rotatable bonds is 5. The zero-order valence-electron chi connectivity index (χ0n) is 21.9. The standard InChI is InChI=1S/C27H28F4N6O2/c1-15(18-6-5-7-20(22(18)28)27(29,30)31)33-24-19-13-37(17-8-9-21(39-4)32-12-17)25(38)26(10-11-36(3)14-26)23(19)34-16(2)35-24/h5-9,12,15H,10-11,13-14H2,1-4H3,(H,33,34,35)/t15-,26?/m1/s1. The number of carbonyl (C=O) groups is 1. The molecular formula is C27H28F4N6O2. The number of carbonyl (C=O) groups excluding carboxylic acids is 1. The third kappa shape index (κ3) is 4.66. The number of pyridine rings is 1. The lowest BCUT2D eigenvalue weighted by molar-refractivity contribution is -0.140. The first kappa shape index (κ1) is 26.8. The molecule has 0 aliphatic carbocycles. The number of nitrogens with zero attached hydrogens (tertiary/aromatic N) is 5. The molecule has 2 aliphatic rings. The molecule has 0 saturated carbocycles. The molecule has 1 N–H and O–H groups in total. The van der Waals surface area contributed by atoms with Crippen molar-refractivity contribution in [3.8, 4) is 5.88 Å². The second-order valence-electron chi connectivity index (χ2n) is 10.0. The van der Waals surface area contributed by atoms with Crippen LogP contribution >= 0.6 is 0 Å². The van der Waals surface area contributed by atoms with Crippen LogP contribution in [0.3, 0.4) is 0 Å². The van der Waals surface area contributed by atoms with Crippen molar-refractivity contribution >= 4 is 17.4 Å². The quantitative estimate of drug-likeness (QED) is 0.469. The van der Waals surface area contributed by atoms with Crippen molar-refractivity contribution in [2.24, 2.45) is 0 Å². The molecule has 1 amide bonds. The molecule has 1 saturated heterocycles. The van der Waals surface area contributed by atoms with E-state index in [9.17, 15) is 22.4 Å². The van der Waals surface area contributed by atoms with Crippen LogP contribution < -0.4 is 15.0 Å². The number of amides is 1. The summed E-state index contributed by atoms with van der Waals surface area (Å²) in [5.41, 5.74) is -0.646. The Bertz CT molecular complexity index is 1410. The number of halogens is 4. The minimum absolute atomic E-state index is 0.105. The van der Waals surface area contributed by atoms with E-state index in [-0.39, 0.29) is 18.0 Å². The molecule has 2 aliphatic heterocycles. The number of likely N-dealkylation sites (N-methyl/N-ethyl adjacent to an activating group) is 1. The van der Waals surface area contributed by atoms with Crippen LogP contribution in [0.1, 0.15) is 47.6 Å². The van der Waals surface area contributed by atoms with Gasteiger partial charge in [0.05, 0.1) is 42.8 Å². The fraction of sp³-hybridized carbons (Fsp3) is 0.407. The van der Waals surface area contributed by atoms with Gasteiger partial charge < -0.3 is 19.9 Å². The molecule has 1 fully saturated rings. The van der Waals surface area contributed by atoms with E-state index in [4.69, 9.17) is 9.72 Å². The molecule has 0 radical (unpaired) electrons. The summed E-state index contributed by atoms with van der Waals surface area (Å²) in [6.45, 7) is 4.48. The van der Waals surface area contributed by atoms with Gasteiger partial charge >= 0.3 is 6.18 Å². The van der Waals surface area contributed by atoms with Crippen molar-refractivity contribution in [3.05, 3.63) is 70.6 Å². The van der Waals surface area contributed by atoms with Crippen molar-refractivity contribution in [2.45, 2.75) is 44.4 Å². The van der Waals surface area contributed by atoms with Crippen LogP contribution in [-0.4, -0.2) is 53.0 Å². The number of fused-ring (bicyclic) bond motifs is 2. The van der Waals surface area contributed by atoms with Gasteiger partial charge in [0.2, 0.25) is 11.8 Å². The van der Waals surface area contributed by atoms with E-state index in [0.717, 1.165) is 6.07 Å². The van der Waals surface area contributed by atoms with E-state index in [1.807, 2.05) is 7.05 Å². The molecule has 4 heterocycles. The minimum Gasteiger partial charge on any atom is -0.481 e. The summed E-state index contributed by atoms with van der Waals surface area (Å²) >= 11 is 0. The van der Waals surface area contributed by atoms with Gasteiger partial charge in [0, 0.05) is 23.7 Å². The van der Waals surface area contributed by atoms with Crippen molar-refractivity contribution in [3.63, 3.8) is 0 Å². The molecule has 8 nitrogen and oxygen atoms in total. The summed E-state index contributed by atoms with van der Waals surface area (Å²) in [5.74, 6) is -0.312. The topological polar surface area (TPSA) is 83.5 Å². The Balaban J connectivity index is 1.60. The summed E-state index contributed by atoms with van der Waals surface area (Å²) in [7, 11) is 3.43. The lowest BCUT2D eigenvalue weighted by atomic mass is 9.76. The van der Waals surface area contributed by atoms with Gasteiger partial charge in [-0.25, -0.2) is 19.3 Å². The number of anilines is 2. The van der Waals surface area contributed by atoms with Gasteiger partial charge in [-0.1, -0.05) is 12.1 Å². The number of hydrogen-bond donors (Lipinski definition) is 1. The number of alkyl halides is 3. The highest BCUT2D eigenvalue weighted by Crippen LogP contribution is 2.44. The van der Waals surface area contributed by atoms with Crippen LogP contribution in [0.25, 0.3) is 0 Å². The maximum atomic E-state index is 15.0. The van der Waals surface area contributed by atoms with Crippen molar-refractivity contribution in [1.29, 1.82) is 0 Å². The zero-order valence-corrected chi connectivity index (χ0v) is 21.9. The number of aryl methyl sites for hydroxylation is 1. The monoisotopic (exact) mass is 544 g/mol. The predicted octanol–water partition coefficient (Wildman–Crippen LogP) is 4.64. The SMILES string of the molecule is COc1ccc(N2Cc3c(N[C@H](C)c4cccc(C(F)(F)F)c4F)nc(C)nc3C3(CCN(C)C3)C2=O)cn1. The van der Waals surface area contributed by atoms with Crippen molar-refractivity contribution < 1.29 is 27.1 Å². The highest BCUT2D eigenvalue weighted by molar-refractivity contribution is 6.03. The number of hydrogen-bond acceptors (Lipinski definition) is 7. The highest BCUT2D eigenvalue weighted by Gasteiger charge is 2.53. The van der Waals surface area contributed by atoms with Gasteiger partial charge in [0.15, 0.2) is 0 Å². The van der Waals surface area contributed by atoms with Gasteiger partial charge in [-0.05, 0) is 46.0 Å². The molecule has 1 unspecified atom stereocenters. The summed E-state index contributed by atoms with van der Waals surface area (Å²) < 4.78 is 60.2. The first-order valence-electron chi connectivity index (χ1n) is 12.5.